The summed E-state index contributed by atoms with van der Waals surface area (Å²) in [4.78, 5) is 4.35. The number of rotatable bonds is 5. The molecular formula is C24H21FN4O. The molecule has 0 unspecified atom stereocenters. The van der Waals surface area contributed by atoms with E-state index >= 15 is 0 Å². The lowest BCUT2D eigenvalue weighted by Crippen LogP contribution is -2.28. The second kappa shape index (κ2) is 7.99. The molecule has 1 N–H and O–H groups in total. The highest BCUT2D eigenvalue weighted by molar-refractivity contribution is 5.39. The average molecular weight is 400 g/mol. The Morgan fingerprint density at radius 1 is 0.933 bits per heavy atom. The first-order valence-electron chi connectivity index (χ1n) is 9.94. The number of aromatic nitrogens is 3. The van der Waals surface area contributed by atoms with Gasteiger partial charge in [-0.25, -0.2) is 9.07 Å². The molecule has 5 rings (SSSR count). The van der Waals surface area contributed by atoms with Crippen LogP contribution < -0.4 is 10.1 Å². The molecule has 0 saturated heterocycles. The number of anilines is 1. The van der Waals surface area contributed by atoms with Crippen LogP contribution in [0.25, 0.3) is 0 Å². The van der Waals surface area contributed by atoms with Crippen LogP contribution in [-0.4, -0.2) is 14.8 Å². The summed E-state index contributed by atoms with van der Waals surface area (Å²) in [6, 6.07) is 24.9. The Hall–Kier alpha value is -3.67. The first kappa shape index (κ1) is 18.4. The van der Waals surface area contributed by atoms with Gasteiger partial charge in [0.1, 0.15) is 24.5 Å². The first-order chi connectivity index (χ1) is 14.8. The van der Waals surface area contributed by atoms with E-state index in [1.165, 1.54) is 12.1 Å². The van der Waals surface area contributed by atoms with Crippen LogP contribution in [0.3, 0.4) is 0 Å². The van der Waals surface area contributed by atoms with Crippen LogP contribution in [0.2, 0.25) is 0 Å². The van der Waals surface area contributed by atoms with Gasteiger partial charge in [0.15, 0.2) is 0 Å². The van der Waals surface area contributed by atoms with Gasteiger partial charge in [-0.3, -0.25) is 0 Å². The smallest absolute Gasteiger partial charge is 0.222 e. The highest BCUT2D eigenvalue weighted by atomic mass is 19.1. The predicted molar refractivity (Wildman–Crippen MR) is 113 cm³/mol. The number of fused-ring (bicyclic) bond motifs is 1. The van der Waals surface area contributed by atoms with Crippen molar-refractivity contribution in [2.45, 2.75) is 25.1 Å². The minimum Gasteiger partial charge on any atom is -0.489 e. The lowest BCUT2D eigenvalue weighted by Gasteiger charge is -2.31. The Balaban J connectivity index is 1.35. The SMILES string of the molecule is Fc1ccc([C@@H]2C[C@H](c3ccc(OCc4ccccc4)cc3)n3ncnc3N2)cc1. The van der Waals surface area contributed by atoms with Crippen LogP contribution >= 0.6 is 0 Å². The van der Waals surface area contributed by atoms with Crippen molar-refractivity contribution in [1.82, 2.24) is 14.8 Å². The van der Waals surface area contributed by atoms with Crippen molar-refractivity contribution < 1.29 is 9.13 Å². The molecule has 0 saturated carbocycles. The monoisotopic (exact) mass is 400 g/mol. The van der Waals surface area contributed by atoms with E-state index in [1.807, 2.05) is 59.3 Å². The lowest BCUT2D eigenvalue weighted by atomic mass is 9.93. The first-order valence-corrected chi connectivity index (χ1v) is 9.94. The normalized spacial score (nSPS) is 17.8. The molecule has 2 atom stereocenters. The second-order valence-electron chi connectivity index (χ2n) is 7.37. The summed E-state index contributed by atoms with van der Waals surface area (Å²) >= 11 is 0. The largest absolute Gasteiger partial charge is 0.489 e. The molecule has 3 aromatic carbocycles. The number of nitrogens with one attached hydrogen (secondary N) is 1. The molecule has 0 aliphatic carbocycles. The molecule has 4 aromatic rings. The summed E-state index contributed by atoms with van der Waals surface area (Å²) in [6.07, 6.45) is 2.34. The van der Waals surface area contributed by atoms with Crippen LogP contribution in [0.15, 0.2) is 85.2 Å². The maximum Gasteiger partial charge on any atom is 0.222 e. The summed E-state index contributed by atoms with van der Waals surface area (Å²) in [7, 11) is 0. The topological polar surface area (TPSA) is 52.0 Å². The molecule has 2 heterocycles. The van der Waals surface area contributed by atoms with E-state index in [4.69, 9.17) is 4.74 Å². The zero-order valence-electron chi connectivity index (χ0n) is 16.3. The van der Waals surface area contributed by atoms with Gasteiger partial charge >= 0.3 is 0 Å². The van der Waals surface area contributed by atoms with Crippen molar-refractivity contribution in [2.75, 3.05) is 5.32 Å². The third-order valence-electron chi connectivity index (χ3n) is 5.42. The Kier molecular flexibility index (Phi) is 4.89. The van der Waals surface area contributed by atoms with Crippen molar-refractivity contribution in [3.8, 4) is 5.75 Å². The predicted octanol–water partition coefficient (Wildman–Crippen LogP) is 5.14. The summed E-state index contributed by atoms with van der Waals surface area (Å²) in [5.74, 6) is 1.30. The van der Waals surface area contributed by atoms with E-state index in [2.05, 4.69) is 27.5 Å². The van der Waals surface area contributed by atoms with E-state index in [-0.39, 0.29) is 17.9 Å². The van der Waals surface area contributed by atoms with Crippen molar-refractivity contribution in [2.24, 2.45) is 0 Å². The number of nitrogens with zero attached hydrogens (tertiary/aromatic N) is 3. The standard InChI is InChI=1S/C24H21FN4O/c25-20-10-6-18(7-11-20)22-14-23(29-24(28-22)26-16-27-29)19-8-12-21(13-9-19)30-15-17-4-2-1-3-5-17/h1-13,16,22-23H,14-15H2,(H,26,27,28)/t22-,23+/m0/s1. The van der Waals surface area contributed by atoms with Gasteiger partial charge in [-0.1, -0.05) is 54.6 Å². The maximum atomic E-state index is 13.3. The molecular weight excluding hydrogens is 379 g/mol. The molecule has 0 fully saturated rings. The molecule has 0 bridgehead atoms. The fraction of sp³-hybridized carbons (Fsp3) is 0.167. The van der Waals surface area contributed by atoms with Crippen molar-refractivity contribution in [1.29, 1.82) is 0 Å². The highest BCUT2D eigenvalue weighted by Gasteiger charge is 2.29. The Bertz CT molecular complexity index is 1110. The van der Waals surface area contributed by atoms with Gasteiger partial charge in [0, 0.05) is 0 Å². The summed E-state index contributed by atoms with van der Waals surface area (Å²) in [5, 5.41) is 7.81. The van der Waals surface area contributed by atoms with Gasteiger partial charge in [-0.2, -0.15) is 10.1 Å². The third kappa shape index (κ3) is 3.76. The minimum atomic E-state index is -0.236. The molecule has 0 spiro atoms. The zero-order chi connectivity index (χ0) is 20.3. The lowest BCUT2D eigenvalue weighted by molar-refractivity contribution is 0.306. The second-order valence-corrected chi connectivity index (χ2v) is 7.37. The van der Waals surface area contributed by atoms with Crippen molar-refractivity contribution in [3.63, 3.8) is 0 Å². The zero-order valence-corrected chi connectivity index (χ0v) is 16.3. The van der Waals surface area contributed by atoms with E-state index in [0.717, 1.165) is 28.9 Å². The summed E-state index contributed by atoms with van der Waals surface area (Å²) in [6.45, 7) is 0.535. The fourth-order valence-corrected chi connectivity index (χ4v) is 3.84. The molecule has 1 aromatic heterocycles. The van der Waals surface area contributed by atoms with Crippen LogP contribution in [0.5, 0.6) is 5.75 Å². The maximum absolute atomic E-state index is 13.3. The third-order valence-corrected chi connectivity index (χ3v) is 5.42. The molecule has 6 heteroatoms. The molecule has 150 valence electrons. The van der Waals surface area contributed by atoms with Gasteiger partial charge in [0.05, 0.1) is 12.1 Å². The van der Waals surface area contributed by atoms with E-state index < -0.39 is 0 Å². The van der Waals surface area contributed by atoms with Crippen molar-refractivity contribution in [3.05, 3.63) is 108 Å². The Morgan fingerprint density at radius 3 is 2.43 bits per heavy atom. The average Bonchev–Trinajstić information content (AvgIpc) is 3.27. The van der Waals surface area contributed by atoms with E-state index in [1.54, 1.807) is 6.33 Å². The van der Waals surface area contributed by atoms with Crippen LogP contribution in [0.4, 0.5) is 10.3 Å². The van der Waals surface area contributed by atoms with E-state index in [9.17, 15) is 4.39 Å². The van der Waals surface area contributed by atoms with Gasteiger partial charge < -0.3 is 10.1 Å². The van der Waals surface area contributed by atoms with Gasteiger partial charge in [-0.05, 0) is 47.4 Å². The van der Waals surface area contributed by atoms with E-state index in [0.29, 0.717) is 12.6 Å². The minimum absolute atomic E-state index is 0.0290. The molecule has 0 amide bonds. The van der Waals surface area contributed by atoms with Gasteiger partial charge in [0.25, 0.3) is 0 Å². The molecule has 1 aliphatic rings. The highest BCUT2D eigenvalue weighted by Crippen LogP contribution is 2.37. The summed E-state index contributed by atoms with van der Waals surface area (Å²) in [5.41, 5.74) is 3.29. The molecule has 0 radical (unpaired) electrons. The number of benzene rings is 3. The number of halogens is 1. The quantitative estimate of drug-likeness (QED) is 0.504. The van der Waals surface area contributed by atoms with Gasteiger partial charge in [-0.15, -0.1) is 0 Å². The Labute approximate surface area is 174 Å². The van der Waals surface area contributed by atoms with Crippen LogP contribution in [0.1, 0.15) is 35.2 Å². The van der Waals surface area contributed by atoms with Crippen molar-refractivity contribution >= 4 is 5.95 Å². The number of ether oxygens (including phenoxy) is 1. The van der Waals surface area contributed by atoms with Gasteiger partial charge in [0.2, 0.25) is 5.95 Å². The van der Waals surface area contributed by atoms with Crippen LogP contribution in [-0.2, 0) is 6.61 Å². The fourth-order valence-electron chi connectivity index (χ4n) is 3.84. The van der Waals surface area contributed by atoms with Crippen LogP contribution in [0, 0.1) is 5.82 Å². The molecule has 1 aliphatic heterocycles. The number of hydrogen-bond donors (Lipinski definition) is 1. The summed E-state index contributed by atoms with van der Waals surface area (Å²) < 4.78 is 21.1. The molecule has 30 heavy (non-hydrogen) atoms. The Morgan fingerprint density at radius 2 is 1.67 bits per heavy atom. The molecule has 5 nitrogen and oxygen atoms in total. The number of hydrogen-bond acceptors (Lipinski definition) is 4.